The van der Waals surface area contributed by atoms with Gasteiger partial charge in [0.2, 0.25) is 5.95 Å². The zero-order valence-corrected chi connectivity index (χ0v) is 15.9. The highest BCUT2D eigenvalue weighted by Crippen LogP contribution is 2.31. The predicted octanol–water partition coefficient (Wildman–Crippen LogP) is 2.98. The number of aliphatic hydroxyl groups is 1. The number of halogens is 1. The van der Waals surface area contributed by atoms with Crippen molar-refractivity contribution in [3.05, 3.63) is 53.4 Å². The highest BCUT2D eigenvalue weighted by Gasteiger charge is 2.12. The maximum absolute atomic E-state index is 9.68. The Morgan fingerprint density at radius 1 is 1.07 bits per heavy atom. The van der Waals surface area contributed by atoms with E-state index in [1.165, 1.54) is 6.20 Å². The van der Waals surface area contributed by atoms with Crippen molar-refractivity contribution in [2.24, 2.45) is 5.73 Å². The molecule has 3 aromatic rings. The van der Waals surface area contributed by atoms with E-state index in [0.717, 1.165) is 5.69 Å². The summed E-state index contributed by atoms with van der Waals surface area (Å²) in [7, 11) is 3.13. The molecule has 28 heavy (non-hydrogen) atoms. The number of methoxy groups -OCH3 is 2. The van der Waals surface area contributed by atoms with Gasteiger partial charge in [0.15, 0.2) is 11.5 Å². The molecule has 0 saturated carbocycles. The fourth-order valence-corrected chi connectivity index (χ4v) is 2.61. The van der Waals surface area contributed by atoms with Crippen LogP contribution in [0.3, 0.4) is 0 Å². The molecular weight excluding hydrogens is 384 g/mol. The van der Waals surface area contributed by atoms with Crippen LogP contribution >= 0.6 is 11.6 Å². The molecule has 146 valence electrons. The van der Waals surface area contributed by atoms with E-state index in [4.69, 9.17) is 26.8 Å². The third kappa shape index (κ3) is 4.58. The standard InChI is InChI=1S/C18H19ClN6O3/c1-27-13-4-3-11(8-14(13)28-2)23-18-21-6-5-15(25-18)24-12-7-10(19)9-22-16(12)17(20)26/h3-9,17,26H,20H2,1-2H3,(H2,21,23,24,25). The number of nitrogens with two attached hydrogens (primary N) is 1. The van der Waals surface area contributed by atoms with Crippen molar-refractivity contribution in [1.29, 1.82) is 0 Å². The summed E-state index contributed by atoms with van der Waals surface area (Å²) in [6.45, 7) is 0. The van der Waals surface area contributed by atoms with Crippen molar-refractivity contribution in [1.82, 2.24) is 15.0 Å². The molecule has 2 aromatic heterocycles. The number of hydrogen-bond acceptors (Lipinski definition) is 9. The molecular formula is C18H19ClN6O3. The van der Waals surface area contributed by atoms with Gasteiger partial charge < -0.3 is 30.9 Å². The number of hydrogen-bond donors (Lipinski definition) is 4. The predicted molar refractivity (Wildman–Crippen MR) is 107 cm³/mol. The molecule has 0 spiro atoms. The zero-order valence-electron chi connectivity index (χ0n) is 15.2. The van der Waals surface area contributed by atoms with Crippen LogP contribution in [0.4, 0.5) is 23.1 Å². The van der Waals surface area contributed by atoms with E-state index in [1.54, 1.807) is 44.7 Å². The van der Waals surface area contributed by atoms with Crippen molar-refractivity contribution >= 4 is 34.7 Å². The molecule has 0 amide bonds. The van der Waals surface area contributed by atoms with Crippen LogP contribution in [0, 0.1) is 0 Å². The Labute approximate surface area is 166 Å². The van der Waals surface area contributed by atoms with Gasteiger partial charge in [-0.3, -0.25) is 4.98 Å². The lowest BCUT2D eigenvalue weighted by Gasteiger charge is -2.14. The number of ether oxygens (including phenoxy) is 2. The summed E-state index contributed by atoms with van der Waals surface area (Å²) in [5, 5.41) is 16.2. The number of rotatable bonds is 7. The largest absolute Gasteiger partial charge is 0.493 e. The van der Waals surface area contributed by atoms with Crippen LogP contribution in [0.2, 0.25) is 5.02 Å². The molecule has 10 heteroatoms. The van der Waals surface area contributed by atoms with Gasteiger partial charge in [0.05, 0.1) is 24.9 Å². The molecule has 9 nitrogen and oxygen atoms in total. The average molecular weight is 403 g/mol. The van der Waals surface area contributed by atoms with Crippen molar-refractivity contribution in [3.63, 3.8) is 0 Å². The van der Waals surface area contributed by atoms with Gasteiger partial charge in [0, 0.05) is 24.1 Å². The number of pyridine rings is 1. The third-order valence-corrected chi connectivity index (χ3v) is 3.93. The zero-order chi connectivity index (χ0) is 20.1. The van der Waals surface area contributed by atoms with Crippen molar-refractivity contribution in [3.8, 4) is 11.5 Å². The van der Waals surface area contributed by atoms with E-state index < -0.39 is 6.23 Å². The lowest BCUT2D eigenvalue weighted by atomic mass is 10.2. The third-order valence-electron chi connectivity index (χ3n) is 3.72. The number of nitrogens with one attached hydrogen (secondary N) is 2. The van der Waals surface area contributed by atoms with Crippen LogP contribution in [0.5, 0.6) is 11.5 Å². The van der Waals surface area contributed by atoms with Crippen LogP contribution in [0.1, 0.15) is 11.9 Å². The summed E-state index contributed by atoms with van der Waals surface area (Å²) in [5.74, 6) is 2.00. The molecule has 0 aliphatic heterocycles. The van der Waals surface area contributed by atoms with Crippen molar-refractivity contribution < 1.29 is 14.6 Å². The van der Waals surface area contributed by atoms with E-state index in [1.807, 2.05) is 6.07 Å². The normalized spacial score (nSPS) is 11.6. The van der Waals surface area contributed by atoms with Crippen LogP contribution in [-0.4, -0.2) is 34.3 Å². The van der Waals surface area contributed by atoms with E-state index in [-0.39, 0.29) is 5.69 Å². The highest BCUT2D eigenvalue weighted by atomic mass is 35.5. The maximum atomic E-state index is 9.68. The van der Waals surface area contributed by atoms with Crippen molar-refractivity contribution in [2.75, 3.05) is 24.9 Å². The Morgan fingerprint density at radius 3 is 2.57 bits per heavy atom. The van der Waals surface area contributed by atoms with E-state index in [2.05, 4.69) is 25.6 Å². The second kappa shape index (κ2) is 8.70. The molecule has 0 aliphatic carbocycles. The first-order chi connectivity index (χ1) is 13.5. The van der Waals surface area contributed by atoms with Gasteiger partial charge in [-0.05, 0) is 24.3 Å². The minimum atomic E-state index is -1.26. The summed E-state index contributed by atoms with van der Waals surface area (Å²) in [6, 6.07) is 8.62. The molecule has 0 radical (unpaired) electrons. The number of nitrogens with zero attached hydrogens (tertiary/aromatic N) is 3. The van der Waals surface area contributed by atoms with Gasteiger partial charge in [-0.15, -0.1) is 0 Å². The Kier molecular flexibility index (Phi) is 6.09. The van der Waals surface area contributed by atoms with Gasteiger partial charge >= 0.3 is 0 Å². The molecule has 0 saturated heterocycles. The first-order valence-corrected chi connectivity index (χ1v) is 8.56. The number of benzene rings is 1. The van der Waals surface area contributed by atoms with Gasteiger partial charge in [-0.1, -0.05) is 11.6 Å². The fraction of sp³-hybridized carbons (Fsp3) is 0.167. The number of anilines is 4. The second-order valence-electron chi connectivity index (χ2n) is 5.62. The molecule has 2 heterocycles. The molecule has 1 atom stereocenters. The van der Waals surface area contributed by atoms with E-state index in [9.17, 15) is 5.11 Å². The quantitative estimate of drug-likeness (QED) is 0.441. The Morgan fingerprint density at radius 2 is 1.86 bits per heavy atom. The minimum Gasteiger partial charge on any atom is -0.493 e. The molecule has 1 aromatic carbocycles. The monoisotopic (exact) mass is 402 g/mol. The lowest BCUT2D eigenvalue weighted by molar-refractivity contribution is 0.182. The number of aromatic nitrogens is 3. The van der Waals surface area contributed by atoms with Crippen LogP contribution < -0.4 is 25.8 Å². The highest BCUT2D eigenvalue weighted by molar-refractivity contribution is 6.30. The molecule has 0 aliphatic rings. The van der Waals surface area contributed by atoms with Crippen LogP contribution in [0.15, 0.2) is 42.7 Å². The summed E-state index contributed by atoms with van der Waals surface area (Å²) in [5.41, 5.74) is 6.95. The summed E-state index contributed by atoms with van der Waals surface area (Å²) < 4.78 is 10.5. The first-order valence-electron chi connectivity index (χ1n) is 8.18. The summed E-state index contributed by atoms with van der Waals surface area (Å²) in [6.07, 6.45) is 1.72. The van der Waals surface area contributed by atoms with Gasteiger partial charge in [0.1, 0.15) is 17.7 Å². The van der Waals surface area contributed by atoms with Crippen LogP contribution in [-0.2, 0) is 0 Å². The molecule has 5 N–H and O–H groups in total. The van der Waals surface area contributed by atoms with E-state index >= 15 is 0 Å². The number of aliphatic hydroxyl groups excluding tert-OH is 1. The Bertz CT molecular complexity index is 970. The summed E-state index contributed by atoms with van der Waals surface area (Å²) in [4.78, 5) is 12.6. The minimum absolute atomic E-state index is 0.248. The van der Waals surface area contributed by atoms with Gasteiger partial charge in [0.25, 0.3) is 0 Å². The lowest BCUT2D eigenvalue weighted by Crippen LogP contribution is -2.13. The SMILES string of the molecule is COc1ccc(Nc2nccc(Nc3cc(Cl)cnc3C(N)O)n2)cc1OC. The maximum Gasteiger partial charge on any atom is 0.229 e. The van der Waals surface area contributed by atoms with Gasteiger partial charge in [-0.25, -0.2) is 4.98 Å². The first kappa shape index (κ1) is 19.6. The topological polar surface area (TPSA) is 127 Å². The second-order valence-corrected chi connectivity index (χ2v) is 6.05. The Hall–Kier alpha value is -3.14. The van der Waals surface area contributed by atoms with E-state index in [0.29, 0.717) is 34.0 Å². The Balaban J connectivity index is 1.83. The van der Waals surface area contributed by atoms with Crippen molar-refractivity contribution in [2.45, 2.75) is 6.23 Å². The van der Waals surface area contributed by atoms with Crippen LogP contribution in [0.25, 0.3) is 0 Å². The molecule has 0 fully saturated rings. The fourth-order valence-electron chi connectivity index (χ4n) is 2.46. The smallest absolute Gasteiger partial charge is 0.229 e. The molecule has 1 unspecified atom stereocenters. The molecule has 3 rings (SSSR count). The summed E-state index contributed by atoms with van der Waals surface area (Å²) >= 11 is 5.99. The molecule has 0 bridgehead atoms. The van der Waals surface area contributed by atoms with Gasteiger partial charge in [-0.2, -0.15) is 4.98 Å². The average Bonchev–Trinajstić information content (AvgIpc) is 2.68.